The lowest BCUT2D eigenvalue weighted by Gasteiger charge is -2.05. The third-order valence-corrected chi connectivity index (χ3v) is 2.49. The van der Waals surface area contributed by atoms with Crippen molar-refractivity contribution in [3.8, 4) is 0 Å². The van der Waals surface area contributed by atoms with Gasteiger partial charge in [-0.2, -0.15) is 4.98 Å². The minimum atomic E-state index is -0.397. The van der Waals surface area contributed by atoms with Crippen LogP contribution in [0.15, 0.2) is 29.5 Å². The van der Waals surface area contributed by atoms with Crippen LogP contribution in [0.2, 0.25) is 5.02 Å². The number of hydrogen-bond acceptors (Lipinski definition) is 5. The molecule has 0 radical (unpaired) electrons. The molecule has 2 rings (SSSR count). The molecule has 0 aliphatic rings. The summed E-state index contributed by atoms with van der Waals surface area (Å²) in [7, 11) is 1.65. The summed E-state index contributed by atoms with van der Waals surface area (Å²) in [6, 6.07) is 3.45. The normalized spacial score (nSPS) is 10.2. The van der Waals surface area contributed by atoms with E-state index in [1.54, 1.807) is 25.4 Å². The van der Waals surface area contributed by atoms with Gasteiger partial charge in [-0.05, 0) is 12.1 Å². The summed E-state index contributed by atoms with van der Waals surface area (Å²) >= 11 is 5.95. The Bertz CT molecular complexity index is 583. The van der Waals surface area contributed by atoms with Crippen molar-refractivity contribution >= 4 is 17.5 Å². The molecule has 2 heterocycles. The molecule has 0 fully saturated rings. The van der Waals surface area contributed by atoms with Gasteiger partial charge < -0.3 is 5.32 Å². The van der Waals surface area contributed by atoms with Crippen molar-refractivity contribution in [1.82, 2.24) is 19.5 Å². The van der Waals surface area contributed by atoms with Gasteiger partial charge in [-0.25, -0.2) is 9.78 Å². The summed E-state index contributed by atoms with van der Waals surface area (Å²) < 4.78 is 1.34. The van der Waals surface area contributed by atoms with Crippen LogP contribution in [0.3, 0.4) is 0 Å². The molecule has 0 amide bonds. The van der Waals surface area contributed by atoms with E-state index in [1.807, 2.05) is 0 Å². The van der Waals surface area contributed by atoms with Gasteiger partial charge in [-0.3, -0.25) is 9.55 Å². The maximum absolute atomic E-state index is 11.6. The standard InChI is InChI=1S/C10H10ClN5O/c1-12-9-14-6-16(10(17)15-9)5-8-7(11)3-2-4-13-8/h2-4,6H,5H2,1H3,(H,12,15,17). The van der Waals surface area contributed by atoms with Crippen LogP contribution in [-0.4, -0.2) is 26.6 Å². The summed E-state index contributed by atoms with van der Waals surface area (Å²) in [5.41, 5.74) is 0.211. The molecule has 2 aromatic rings. The average molecular weight is 252 g/mol. The largest absolute Gasteiger partial charge is 0.357 e. The molecule has 7 heteroatoms. The van der Waals surface area contributed by atoms with Crippen molar-refractivity contribution in [2.45, 2.75) is 6.54 Å². The Morgan fingerprint density at radius 2 is 2.29 bits per heavy atom. The highest BCUT2D eigenvalue weighted by atomic mass is 35.5. The molecule has 0 aliphatic heterocycles. The molecule has 0 unspecified atom stereocenters. The number of aromatic nitrogens is 4. The number of nitrogens with one attached hydrogen (secondary N) is 1. The Balaban J connectivity index is 2.31. The SMILES string of the molecule is CNc1ncn(Cc2ncccc2Cl)c(=O)n1. The zero-order chi connectivity index (χ0) is 12.3. The van der Waals surface area contributed by atoms with Gasteiger partial charge in [-0.15, -0.1) is 0 Å². The second kappa shape index (κ2) is 4.92. The van der Waals surface area contributed by atoms with E-state index in [4.69, 9.17) is 11.6 Å². The fraction of sp³-hybridized carbons (Fsp3) is 0.200. The maximum atomic E-state index is 11.6. The second-order valence-electron chi connectivity index (χ2n) is 3.27. The highest BCUT2D eigenvalue weighted by Gasteiger charge is 2.05. The van der Waals surface area contributed by atoms with Crippen molar-refractivity contribution in [2.24, 2.45) is 0 Å². The van der Waals surface area contributed by atoms with E-state index >= 15 is 0 Å². The second-order valence-corrected chi connectivity index (χ2v) is 3.68. The summed E-state index contributed by atoms with van der Waals surface area (Å²) in [5.74, 6) is 0.290. The van der Waals surface area contributed by atoms with Gasteiger partial charge in [0.2, 0.25) is 5.95 Å². The van der Waals surface area contributed by atoms with E-state index in [1.165, 1.54) is 10.9 Å². The molecule has 1 N–H and O–H groups in total. The van der Waals surface area contributed by atoms with Gasteiger partial charge in [0.05, 0.1) is 17.3 Å². The molecule has 0 bridgehead atoms. The summed E-state index contributed by atoms with van der Waals surface area (Å²) in [4.78, 5) is 23.4. The summed E-state index contributed by atoms with van der Waals surface area (Å²) in [6.45, 7) is 0.252. The van der Waals surface area contributed by atoms with E-state index in [-0.39, 0.29) is 6.54 Å². The quantitative estimate of drug-likeness (QED) is 0.873. The van der Waals surface area contributed by atoms with Gasteiger partial charge in [0.1, 0.15) is 6.33 Å². The minimum Gasteiger partial charge on any atom is -0.357 e. The van der Waals surface area contributed by atoms with Crippen LogP contribution in [-0.2, 0) is 6.54 Å². The van der Waals surface area contributed by atoms with Crippen molar-refractivity contribution in [3.05, 3.63) is 45.9 Å². The van der Waals surface area contributed by atoms with Crippen LogP contribution >= 0.6 is 11.6 Å². The molecule has 17 heavy (non-hydrogen) atoms. The Kier molecular flexibility index (Phi) is 3.34. The lowest BCUT2D eigenvalue weighted by molar-refractivity contribution is 0.689. The maximum Gasteiger partial charge on any atom is 0.352 e. The lowest BCUT2D eigenvalue weighted by Crippen LogP contribution is -2.25. The lowest BCUT2D eigenvalue weighted by atomic mass is 10.3. The number of anilines is 1. The fourth-order valence-electron chi connectivity index (χ4n) is 1.28. The Labute approximate surface area is 102 Å². The molecular formula is C10H10ClN5O. The molecule has 2 aromatic heterocycles. The Morgan fingerprint density at radius 1 is 1.47 bits per heavy atom. The molecule has 0 saturated carbocycles. The third kappa shape index (κ3) is 2.59. The Morgan fingerprint density at radius 3 is 2.94 bits per heavy atom. The number of halogens is 1. The summed E-state index contributed by atoms with van der Waals surface area (Å²) in [5, 5.41) is 3.20. The zero-order valence-electron chi connectivity index (χ0n) is 9.09. The fourth-order valence-corrected chi connectivity index (χ4v) is 1.46. The van der Waals surface area contributed by atoms with Crippen LogP contribution in [0.25, 0.3) is 0 Å². The first-order valence-electron chi connectivity index (χ1n) is 4.91. The van der Waals surface area contributed by atoms with E-state index in [0.717, 1.165) is 0 Å². The van der Waals surface area contributed by atoms with Crippen LogP contribution in [0.5, 0.6) is 0 Å². The zero-order valence-corrected chi connectivity index (χ0v) is 9.85. The number of hydrogen-bond donors (Lipinski definition) is 1. The van der Waals surface area contributed by atoms with E-state index in [2.05, 4.69) is 20.3 Å². The molecule has 0 aliphatic carbocycles. The highest BCUT2D eigenvalue weighted by Crippen LogP contribution is 2.12. The average Bonchev–Trinajstić information content (AvgIpc) is 2.34. The van der Waals surface area contributed by atoms with E-state index in [9.17, 15) is 4.79 Å². The topological polar surface area (TPSA) is 72.7 Å². The predicted octanol–water partition coefficient (Wildman–Crippen LogP) is 0.777. The van der Waals surface area contributed by atoms with Crippen molar-refractivity contribution in [1.29, 1.82) is 0 Å². The van der Waals surface area contributed by atoms with Crippen LogP contribution in [0.4, 0.5) is 5.95 Å². The molecule has 88 valence electrons. The monoisotopic (exact) mass is 251 g/mol. The van der Waals surface area contributed by atoms with E-state index < -0.39 is 5.69 Å². The molecular weight excluding hydrogens is 242 g/mol. The van der Waals surface area contributed by atoms with Gasteiger partial charge >= 0.3 is 5.69 Å². The first-order valence-corrected chi connectivity index (χ1v) is 5.29. The first-order chi connectivity index (χ1) is 8.20. The molecule has 0 spiro atoms. The van der Waals surface area contributed by atoms with Gasteiger partial charge in [0.25, 0.3) is 0 Å². The van der Waals surface area contributed by atoms with E-state index in [0.29, 0.717) is 16.7 Å². The van der Waals surface area contributed by atoms with Crippen LogP contribution in [0, 0.1) is 0 Å². The van der Waals surface area contributed by atoms with Crippen molar-refractivity contribution in [3.63, 3.8) is 0 Å². The van der Waals surface area contributed by atoms with Crippen molar-refractivity contribution in [2.75, 3.05) is 12.4 Å². The predicted molar refractivity (Wildman–Crippen MR) is 64.2 cm³/mol. The minimum absolute atomic E-state index is 0.252. The number of pyridine rings is 1. The molecule has 0 atom stereocenters. The highest BCUT2D eigenvalue weighted by molar-refractivity contribution is 6.31. The molecule has 6 nitrogen and oxygen atoms in total. The Hall–Kier alpha value is -1.95. The van der Waals surface area contributed by atoms with Crippen LogP contribution in [0.1, 0.15) is 5.69 Å². The van der Waals surface area contributed by atoms with Crippen molar-refractivity contribution < 1.29 is 0 Å². The molecule has 0 aromatic carbocycles. The third-order valence-electron chi connectivity index (χ3n) is 2.15. The van der Waals surface area contributed by atoms with Gasteiger partial charge in [0.15, 0.2) is 0 Å². The van der Waals surface area contributed by atoms with Gasteiger partial charge in [0, 0.05) is 13.2 Å². The molecule has 0 saturated heterocycles. The number of rotatable bonds is 3. The summed E-state index contributed by atoms with van der Waals surface area (Å²) in [6.07, 6.45) is 3.03. The van der Waals surface area contributed by atoms with Gasteiger partial charge in [-0.1, -0.05) is 11.6 Å². The number of nitrogens with zero attached hydrogens (tertiary/aromatic N) is 4. The van der Waals surface area contributed by atoms with Crippen LogP contribution < -0.4 is 11.0 Å². The first kappa shape index (κ1) is 11.5. The smallest absolute Gasteiger partial charge is 0.352 e.